The van der Waals surface area contributed by atoms with E-state index in [1.807, 2.05) is 73.9 Å². The molecule has 3 heterocycles. The summed E-state index contributed by atoms with van der Waals surface area (Å²) in [6.45, 7) is 12.4. The Bertz CT molecular complexity index is 1260. The molecule has 1 N–H and O–H groups in total. The summed E-state index contributed by atoms with van der Waals surface area (Å²) in [5.41, 5.74) is 3.57. The number of benzene rings is 2. The van der Waals surface area contributed by atoms with E-state index in [0.717, 1.165) is 72.1 Å². The molecule has 41 heavy (non-hydrogen) atoms. The number of ether oxygens (including phenoxy) is 4. The van der Waals surface area contributed by atoms with Gasteiger partial charge >= 0.3 is 6.09 Å². The Morgan fingerprint density at radius 2 is 1.78 bits per heavy atom. The molecule has 2 aromatic carbocycles. The normalized spacial score (nSPS) is 19.3. The van der Waals surface area contributed by atoms with Gasteiger partial charge in [-0.3, -0.25) is 0 Å². The summed E-state index contributed by atoms with van der Waals surface area (Å²) in [6.07, 6.45) is 2.61. The number of carbonyl (C=O) groups is 1. The van der Waals surface area contributed by atoms with E-state index in [2.05, 4.69) is 11.0 Å². The molecule has 1 amide bonds. The van der Waals surface area contributed by atoms with Crippen LogP contribution in [0.25, 0.3) is 5.57 Å². The van der Waals surface area contributed by atoms with Gasteiger partial charge in [-0.25, -0.2) is 4.79 Å². The van der Waals surface area contributed by atoms with Crippen LogP contribution in [0.1, 0.15) is 51.7 Å². The standard InChI is InChI=1S/C32H43N3O6/c1-22-18-30(36)34(27-20-25(38-5)7-8-26(22)27)15-14-33-12-10-24(11-13-33)35(31(37)41-32(2,3)4)21-23-6-9-28-29(19-23)40-17-16-39-28/h6-9,18-20,24,30,36H,10-17,21H2,1-5H3. The van der Waals surface area contributed by atoms with E-state index in [1.165, 1.54) is 0 Å². The fourth-order valence-electron chi connectivity index (χ4n) is 5.76. The molecule has 3 aliphatic heterocycles. The van der Waals surface area contributed by atoms with Crippen LogP contribution in [0.5, 0.6) is 17.2 Å². The maximum Gasteiger partial charge on any atom is 0.410 e. The van der Waals surface area contributed by atoms with Gasteiger partial charge in [0, 0.05) is 50.4 Å². The summed E-state index contributed by atoms with van der Waals surface area (Å²) in [4.78, 5) is 19.7. The predicted molar refractivity (Wildman–Crippen MR) is 159 cm³/mol. The molecule has 0 radical (unpaired) electrons. The molecule has 0 bridgehead atoms. The van der Waals surface area contributed by atoms with Crippen molar-refractivity contribution in [1.29, 1.82) is 0 Å². The minimum atomic E-state index is -0.680. The Hall–Kier alpha value is -3.43. The molecule has 0 saturated carbocycles. The van der Waals surface area contributed by atoms with E-state index >= 15 is 0 Å². The molecule has 1 atom stereocenters. The number of carbonyl (C=O) groups excluding carboxylic acids is 1. The highest BCUT2D eigenvalue weighted by Crippen LogP contribution is 2.36. The van der Waals surface area contributed by atoms with Crippen LogP contribution in [-0.4, -0.2) is 85.4 Å². The van der Waals surface area contributed by atoms with Crippen LogP contribution >= 0.6 is 0 Å². The van der Waals surface area contributed by atoms with Gasteiger partial charge in [0.25, 0.3) is 0 Å². The van der Waals surface area contributed by atoms with Crippen LogP contribution < -0.4 is 19.1 Å². The fourth-order valence-corrected chi connectivity index (χ4v) is 5.76. The van der Waals surface area contributed by atoms with Crippen LogP contribution in [0.2, 0.25) is 0 Å². The summed E-state index contributed by atoms with van der Waals surface area (Å²) in [5.74, 6) is 2.23. The van der Waals surface area contributed by atoms with Gasteiger partial charge in [0.2, 0.25) is 0 Å². The first kappa shape index (κ1) is 29.1. The highest BCUT2D eigenvalue weighted by atomic mass is 16.6. The number of rotatable bonds is 7. The molecule has 9 nitrogen and oxygen atoms in total. The summed E-state index contributed by atoms with van der Waals surface area (Å²) < 4.78 is 22.7. The van der Waals surface area contributed by atoms with E-state index in [-0.39, 0.29) is 12.1 Å². The number of amides is 1. The lowest BCUT2D eigenvalue weighted by Gasteiger charge is -2.40. The van der Waals surface area contributed by atoms with Crippen molar-refractivity contribution in [2.75, 3.05) is 51.4 Å². The van der Waals surface area contributed by atoms with Crippen LogP contribution in [0.3, 0.4) is 0 Å². The monoisotopic (exact) mass is 565 g/mol. The number of likely N-dealkylation sites (tertiary alicyclic amines) is 1. The first-order valence-corrected chi connectivity index (χ1v) is 14.5. The van der Waals surface area contributed by atoms with E-state index in [1.54, 1.807) is 7.11 Å². The van der Waals surface area contributed by atoms with Crippen LogP contribution in [-0.2, 0) is 11.3 Å². The second kappa shape index (κ2) is 12.2. The van der Waals surface area contributed by atoms with Gasteiger partial charge in [-0.1, -0.05) is 6.07 Å². The number of nitrogens with zero attached hydrogens (tertiary/aromatic N) is 3. The Morgan fingerprint density at radius 3 is 2.49 bits per heavy atom. The molecule has 2 aromatic rings. The summed E-state index contributed by atoms with van der Waals surface area (Å²) in [6, 6.07) is 11.9. The number of hydrogen-bond acceptors (Lipinski definition) is 8. The quantitative estimate of drug-likeness (QED) is 0.507. The number of methoxy groups -OCH3 is 1. The third-order valence-corrected chi connectivity index (χ3v) is 7.90. The van der Waals surface area contributed by atoms with Gasteiger partial charge in [0.15, 0.2) is 11.5 Å². The highest BCUT2D eigenvalue weighted by Gasteiger charge is 2.32. The van der Waals surface area contributed by atoms with Gasteiger partial charge in [-0.05, 0) is 82.0 Å². The molecule has 1 saturated heterocycles. The molecule has 1 unspecified atom stereocenters. The second-order valence-corrected chi connectivity index (χ2v) is 12.0. The molecule has 9 heteroatoms. The predicted octanol–water partition coefficient (Wildman–Crippen LogP) is 4.91. The molecule has 0 spiro atoms. The number of aliphatic hydroxyl groups excluding tert-OH is 1. The first-order chi connectivity index (χ1) is 19.6. The number of allylic oxidation sites excluding steroid dienone is 1. The highest BCUT2D eigenvalue weighted by molar-refractivity contribution is 5.80. The van der Waals surface area contributed by atoms with Crippen molar-refractivity contribution >= 4 is 17.4 Å². The molecule has 222 valence electrons. The van der Waals surface area contributed by atoms with E-state index in [9.17, 15) is 9.90 Å². The molecular formula is C32H43N3O6. The molecule has 1 fully saturated rings. The minimum Gasteiger partial charge on any atom is -0.497 e. The average Bonchev–Trinajstić information content (AvgIpc) is 2.95. The smallest absolute Gasteiger partial charge is 0.410 e. The van der Waals surface area contributed by atoms with Crippen molar-refractivity contribution in [1.82, 2.24) is 9.80 Å². The maximum absolute atomic E-state index is 13.4. The largest absolute Gasteiger partial charge is 0.497 e. The molecular weight excluding hydrogens is 522 g/mol. The van der Waals surface area contributed by atoms with Crippen molar-refractivity contribution in [3.63, 3.8) is 0 Å². The third-order valence-electron chi connectivity index (χ3n) is 7.90. The van der Waals surface area contributed by atoms with Gasteiger partial charge in [0.1, 0.15) is 30.8 Å². The maximum atomic E-state index is 13.4. The lowest BCUT2D eigenvalue weighted by molar-refractivity contribution is 0.00579. The third kappa shape index (κ3) is 6.90. The SMILES string of the molecule is COc1ccc2c(c1)N(CCN1CCC(N(Cc3ccc4c(c3)OCCO4)C(=O)OC(C)(C)C)CC1)C(O)C=C2C. The van der Waals surface area contributed by atoms with E-state index in [0.29, 0.717) is 26.3 Å². The number of piperidine rings is 1. The van der Waals surface area contributed by atoms with Crippen molar-refractivity contribution in [3.05, 3.63) is 53.6 Å². The zero-order valence-electron chi connectivity index (χ0n) is 24.9. The van der Waals surface area contributed by atoms with Crippen LogP contribution in [0.4, 0.5) is 10.5 Å². The zero-order valence-corrected chi connectivity index (χ0v) is 24.9. The average molecular weight is 566 g/mol. The molecule has 0 aromatic heterocycles. The van der Waals surface area contributed by atoms with Gasteiger partial charge < -0.3 is 38.8 Å². The van der Waals surface area contributed by atoms with Crippen LogP contribution in [0, 0.1) is 0 Å². The fraction of sp³-hybridized carbons (Fsp3) is 0.531. The van der Waals surface area contributed by atoms with Gasteiger partial charge in [0.05, 0.1) is 12.8 Å². The Balaban J connectivity index is 1.23. The number of hydrogen-bond donors (Lipinski definition) is 1. The van der Waals surface area contributed by atoms with Crippen molar-refractivity contribution in [2.45, 2.75) is 65.0 Å². The molecule has 5 rings (SSSR count). The summed E-state index contributed by atoms with van der Waals surface area (Å²) >= 11 is 0. The molecule has 3 aliphatic rings. The number of anilines is 1. The summed E-state index contributed by atoms with van der Waals surface area (Å²) in [7, 11) is 1.66. The zero-order chi connectivity index (χ0) is 29.1. The topological polar surface area (TPSA) is 83.9 Å². The Morgan fingerprint density at radius 1 is 1.05 bits per heavy atom. The molecule has 0 aliphatic carbocycles. The summed E-state index contributed by atoms with van der Waals surface area (Å²) in [5, 5.41) is 10.9. The first-order valence-electron chi connectivity index (χ1n) is 14.5. The Labute approximate surface area is 243 Å². The van der Waals surface area contributed by atoms with E-state index < -0.39 is 11.8 Å². The Kier molecular flexibility index (Phi) is 8.66. The van der Waals surface area contributed by atoms with Crippen molar-refractivity contribution in [3.8, 4) is 17.2 Å². The van der Waals surface area contributed by atoms with Crippen LogP contribution in [0.15, 0.2) is 42.5 Å². The van der Waals surface area contributed by atoms with Crippen molar-refractivity contribution in [2.24, 2.45) is 0 Å². The van der Waals surface area contributed by atoms with E-state index in [4.69, 9.17) is 18.9 Å². The van der Waals surface area contributed by atoms with Crippen molar-refractivity contribution < 1.29 is 28.8 Å². The lowest BCUT2D eigenvalue weighted by atomic mass is 9.99. The second-order valence-electron chi connectivity index (χ2n) is 12.0. The van der Waals surface area contributed by atoms with Gasteiger partial charge in [-0.15, -0.1) is 0 Å². The minimum absolute atomic E-state index is 0.0606. The van der Waals surface area contributed by atoms with Gasteiger partial charge in [-0.2, -0.15) is 0 Å². The number of fused-ring (bicyclic) bond motifs is 2. The lowest BCUT2D eigenvalue weighted by Crippen LogP contribution is -2.50. The number of aliphatic hydroxyl groups is 1.